The first kappa shape index (κ1) is 12.8. The Morgan fingerprint density at radius 1 is 1.67 bits per heavy atom. The van der Waals surface area contributed by atoms with Crippen LogP contribution in [0, 0.1) is 0 Å². The van der Waals surface area contributed by atoms with Crippen molar-refractivity contribution in [2.45, 2.75) is 45.2 Å². The number of rotatable bonds is 5. The van der Waals surface area contributed by atoms with Crippen molar-refractivity contribution >= 4 is 17.7 Å². The predicted octanol–water partition coefficient (Wildman–Crippen LogP) is 1.39. The monoisotopic (exact) mass is 230 g/mol. The number of nitrogens with one attached hydrogen (secondary N) is 2. The lowest BCUT2D eigenvalue weighted by Gasteiger charge is -2.25. The number of hydrogen-bond acceptors (Lipinski definition) is 3. The summed E-state index contributed by atoms with van der Waals surface area (Å²) in [5.74, 6) is 2.26. The van der Waals surface area contributed by atoms with Gasteiger partial charge in [-0.05, 0) is 39.0 Å². The van der Waals surface area contributed by atoms with Gasteiger partial charge in [-0.2, -0.15) is 11.8 Å². The zero-order valence-electron chi connectivity index (χ0n) is 9.93. The summed E-state index contributed by atoms with van der Waals surface area (Å²) in [5, 5.41) is 6.35. The summed E-state index contributed by atoms with van der Waals surface area (Å²) in [5.41, 5.74) is -0.328. The van der Waals surface area contributed by atoms with Crippen LogP contribution in [0.15, 0.2) is 0 Å². The maximum Gasteiger partial charge on any atom is 0.240 e. The highest BCUT2D eigenvalue weighted by atomic mass is 32.2. The zero-order chi connectivity index (χ0) is 11.3. The van der Waals surface area contributed by atoms with Gasteiger partial charge in [-0.15, -0.1) is 0 Å². The second-order valence-electron chi connectivity index (χ2n) is 4.40. The second kappa shape index (κ2) is 5.75. The molecule has 2 N–H and O–H groups in total. The molecular formula is C11H22N2OS. The van der Waals surface area contributed by atoms with Gasteiger partial charge in [0.05, 0.1) is 5.54 Å². The summed E-state index contributed by atoms with van der Waals surface area (Å²) in [6, 6.07) is 0.265. The van der Waals surface area contributed by atoms with Crippen LogP contribution in [0.2, 0.25) is 0 Å². The lowest BCUT2D eigenvalue weighted by atomic mass is 9.99. The van der Waals surface area contributed by atoms with E-state index in [1.165, 1.54) is 0 Å². The van der Waals surface area contributed by atoms with Crippen LogP contribution in [0.25, 0.3) is 0 Å². The van der Waals surface area contributed by atoms with Crippen molar-refractivity contribution < 1.29 is 4.79 Å². The molecule has 0 aromatic carbocycles. The van der Waals surface area contributed by atoms with Crippen LogP contribution >= 0.6 is 11.8 Å². The molecule has 1 saturated heterocycles. The molecule has 3 nitrogen and oxygen atoms in total. The van der Waals surface area contributed by atoms with Gasteiger partial charge in [0, 0.05) is 11.8 Å². The summed E-state index contributed by atoms with van der Waals surface area (Å²) in [7, 11) is 0. The van der Waals surface area contributed by atoms with E-state index in [0.29, 0.717) is 0 Å². The van der Waals surface area contributed by atoms with Crippen molar-refractivity contribution in [1.29, 1.82) is 0 Å². The number of hydrogen-bond donors (Lipinski definition) is 2. The first-order chi connectivity index (χ1) is 7.08. The minimum absolute atomic E-state index is 0.157. The van der Waals surface area contributed by atoms with Gasteiger partial charge in [-0.3, -0.25) is 4.79 Å². The largest absolute Gasteiger partial charge is 0.351 e. The normalized spacial score (nSPS) is 27.7. The van der Waals surface area contributed by atoms with Crippen LogP contribution in [0.5, 0.6) is 0 Å². The van der Waals surface area contributed by atoms with Gasteiger partial charge in [0.2, 0.25) is 5.91 Å². The number of carbonyl (C=O) groups excluding carboxylic acids is 1. The third-order valence-corrected chi connectivity index (χ3v) is 3.96. The predicted molar refractivity (Wildman–Crippen MR) is 66.2 cm³/mol. The van der Waals surface area contributed by atoms with E-state index in [-0.39, 0.29) is 17.5 Å². The van der Waals surface area contributed by atoms with E-state index in [1.807, 2.05) is 18.7 Å². The van der Waals surface area contributed by atoms with E-state index in [1.54, 1.807) is 0 Å². The molecule has 15 heavy (non-hydrogen) atoms. The summed E-state index contributed by atoms with van der Waals surface area (Å²) in [6.45, 7) is 7.16. The minimum Gasteiger partial charge on any atom is -0.351 e. The Morgan fingerprint density at radius 3 is 2.93 bits per heavy atom. The van der Waals surface area contributed by atoms with Crippen LogP contribution < -0.4 is 10.6 Å². The van der Waals surface area contributed by atoms with E-state index in [4.69, 9.17) is 0 Å². The molecule has 0 aromatic rings. The molecule has 0 aromatic heterocycles. The Labute approximate surface area is 96.8 Å². The molecule has 1 fully saturated rings. The van der Waals surface area contributed by atoms with Crippen molar-refractivity contribution in [1.82, 2.24) is 10.6 Å². The van der Waals surface area contributed by atoms with Gasteiger partial charge in [0.15, 0.2) is 0 Å². The first-order valence-electron chi connectivity index (χ1n) is 5.72. The molecule has 1 rings (SSSR count). The minimum atomic E-state index is -0.328. The molecule has 0 aliphatic carbocycles. The Kier molecular flexibility index (Phi) is 4.93. The summed E-state index contributed by atoms with van der Waals surface area (Å²) >= 11 is 1.86. The lowest BCUT2D eigenvalue weighted by molar-refractivity contribution is -0.126. The maximum atomic E-state index is 12.0. The molecule has 1 heterocycles. The quantitative estimate of drug-likeness (QED) is 0.750. The van der Waals surface area contributed by atoms with E-state index >= 15 is 0 Å². The SMILES string of the molecule is CCSCC(C)NC(=O)C1(C)CCCN1. The van der Waals surface area contributed by atoms with Crippen molar-refractivity contribution in [2.75, 3.05) is 18.1 Å². The van der Waals surface area contributed by atoms with Gasteiger partial charge in [-0.25, -0.2) is 0 Å². The van der Waals surface area contributed by atoms with Crippen LogP contribution in [-0.4, -0.2) is 35.5 Å². The van der Waals surface area contributed by atoms with Gasteiger partial charge in [-0.1, -0.05) is 6.92 Å². The van der Waals surface area contributed by atoms with Crippen LogP contribution in [0.1, 0.15) is 33.6 Å². The van der Waals surface area contributed by atoms with Crippen LogP contribution in [0.4, 0.5) is 0 Å². The average Bonchev–Trinajstić information content (AvgIpc) is 2.63. The Hall–Kier alpha value is -0.220. The van der Waals surface area contributed by atoms with Gasteiger partial charge in [0.25, 0.3) is 0 Å². The molecule has 1 amide bonds. The molecule has 0 saturated carbocycles. The number of thioether (sulfide) groups is 1. The fraction of sp³-hybridized carbons (Fsp3) is 0.909. The van der Waals surface area contributed by atoms with Crippen LogP contribution in [0.3, 0.4) is 0 Å². The molecule has 2 unspecified atom stereocenters. The van der Waals surface area contributed by atoms with E-state index in [2.05, 4.69) is 24.5 Å². The standard InChI is InChI=1S/C11H22N2OS/c1-4-15-8-9(2)13-10(14)11(3)6-5-7-12-11/h9,12H,4-8H2,1-3H3,(H,13,14). The number of carbonyl (C=O) groups is 1. The Balaban J connectivity index is 2.34. The molecular weight excluding hydrogens is 208 g/mol. The fourth-order valence-corrected chi connectivity index (χ4v) is 2.48. The van der Waals surface area contributed by atoms with Crippen LogP contribution in [-0.2, 0) is 4.79 Å². The third kappa shape index (κ3) is 3.68. The Bertz CT molecular complexity index is 215. The molecule has 2 atom stereocenters. The molecule has 0 radical (unpaired) electrons. The zero-order valence-corrected chi connectivity index (χ0v) is 10.7. The molecule has 4 heteroatoms. The lowest BCUT2D eigenvalue weighted by Crippen LogP contribution is -2.53. The molecule has 1 aliphatic heterocycles. The highest BCUT2D eigenvalue weighted by Gasteiger charge is 2.36. The smallest absolute Gasteiger partial charge is 0.240 e. The van der Waals surface area contributed by atoms with E-state index < -0.39 is 0 Å². The number of amides is 1. The summed E-state index contributed by atoms with van der Waals surface area (Å²) in [4.78, 5) is 12.0. The highest BCUT2D eigenvalue weighted by molar-refractivity contribution is 7.99. The van der Waals surface area contributed by atoms with Crippen molar-refractivity contribution in [3.63, 3.8) is 0 Å². The third-order valence-electron chi connectivity index (χ3n) is 2.82. The Morgan fingerprint density at radius 2 is 2.40 bits per heavy atom. The van der Waals surface area contributed by atoms with Crippen molar-refractivity contribution in [3.8, 4) is 0 Å². The molecule has 0 spiro atoms. The molecule has 88 valence electrons. The van der Waals surface area contributed by atoms with Crippen molar-refractivity contribution in [2.24, 2.45) is 0 Å². The maximum absolute atomic E-state index is 12.0. The topological polar surface area (TPSA) is 41.1 Å². The summed E-state index contributed by atoms with van der Waals surface area (Å²) in [6.07, 6.45) is 2.05. The second-order valence-corrected chi connectivity index (χ2v) is 5.72. The first-order valence-corrected chi connectivity index (χ1v) is 6.87. The van der Waals surface area contributed by atoms with Gasteiger partial charge >= 0.3 is 0 Å². The molecule has 1 aliphatic rings. The van der Waals surface area contributed by atoms with Gasteiger partial charge in [0.1, 0.15) is 0 Å². The van der Waals surface area contributed by atoms with E-state index in [9.17, 15) is 4.79 Å². The highest BCUT2D eigenvalue weighted by Crippen LogP contribution is 2.18. The van der Waals surface area contributed by atoms with E-state index in [0.717, 1.165) is 30.9 Å². The fourth-order valence-electron chi connectivity index (χ4n) is 1.81. The molecule has 0 bridgehead atoms. The average molecular weight is 230 g/mol. The van der Waals surface area contributed by atoms with Crippen molar-refractivity contribution in [3.05, 3.63) is 0 Å². The van der Waals surface area contributed by atoms with Gasteiger partial charge < -0.3 is 10.6 Å². The summed E-state index contributed by atoms with van der Waals surface area (Å²) < 4.78 is 0.